The van der Waals surface area contributed by atoms with Gasteiger partial charge in [-0.25, -0.2) is 0 Å². The molecule has 1 amide bonds. The maximum atomic E-state index is 11.1. The summed E-state index contributed by atoms with van der Waals surface area (Å²) in [7, 11) is 0. The summed E-state index contributed by atoms with van der Waals surface area (Å²) in [4.78, 5) is 11.3. The van der Waals surface area contributed by atoms with Crippen molar-refractivity contribution in [3.05, 3.63) is 18.2 Å². The van der Waals surface area contributed by atoms with E-state index >= 15 is 0 Å². The van der Waals surface area contributed by atoms with Gasteiger partial charge in [0, 0.05) is 21.5 Å². The van der Waals surface area contributed by atoms with Gasteiger partial charge in [0.15, 0.2) is 0 Å². The molecule has 4 heteroatoms. The normalized spacial score (nSPS) is 14.2. The van der Waals surface area contributed by atoms with Crippen molar-refractivity contribution in [2.24, 2.45) is 0 Å². The van der Waals surface area contributed by atoms with Crippen LogP contribution >= 0.6 is 12.6 Å². The number of amides is 1. The van der Waals surface area contributed by atoms with Crippen molar-refractivity contribution >= 4 is 24.2 Å². The number of rotatable bonds is 1. The molecule has 3 nitrogen and oxygen atoms in total. The first-order chi connectivity index (χ1) is 6.80. The van der Waals surface area contributed by atoms with Gasteiger partial charge in [0.25, 0.3) is 0 Å². The third-order valence-electron chi connectivity index (χ3n) is 1.23. The van der Waals surface area contributed by atoms with Gasteiger partial charge in [0.2, 0.25) is 5.91 Å². The SMILES string of the molecule is [2H]C([2H])([2H])C(=O)Nc1ccc(O)c(S)c1. The Balaban J connectivity index is 2.83. The Hall–Kier alpha value is -1.16. The smallest absolute Gasteiger partial charge is 0.221 e. The van der Waals surface area contributed by atoms with Gasteiger partial charge >= 0.3 is 0 Å². The maximum absolute atomic E-state index is 11.1. The number of hydrogen-bond donors (Lipinski definition) is 3. The fraction of sp³-hybridized carbons (Fsp3) is 0.125. The molecule has 0 heterocycles. The van der Waals surface area contributed by atoms with Crippen LogP contribution in [0, 0.1) is 0 Å². The molecule has 0 aromatic heterocycles. The van der Waals surface area contributed by atoms with Crippen molar-refractivity contribution in [2.45, 2.75) is 11.7 Å². The van der Waals surface area contributed by atoms with Crippen LogP contribution < -0.4 is 5.32 Å². The van der Waals surface area contributed by atoms with Gasteiger partial charge in [-0.15, -0.1) is 12.6 Å². The molecular formula is C8H9NO2S. The van der Waals surface area contributed by atoms with Crippen LogP contribution in [0.4, 0.5) is 5.69 Å². The lowest BCUT2D eigenvalue weighted by Crippen LogP contribution is -2.05. The molecule has 1 rings (SSSR count). The summed E-state index contributed by atoms with van der Waals surface area (Å²) in [6.45, 7) is -2.69. The van der Waals surface area contributed by atoms with Crippen LogP contribution in [0.25, 0.3) is 0 Å². The van der Waals surface area contributed by atoms with Crippen LogP contribution in [-0.4, -0.2) is 11.0 Å². The van der Waals surface area contributed by atoms with Crippen molar-refractivity contribution in [1.29, 1.82) is 0 Å². The topological polar surface area (TPSA) is 49.3 Å². The predicted molar refractivity (Wildman–Crippen MR) is 49.7 cm³/mol. The molecule has 0 unspecified atom stereocenters. The summed E-state index contributed by atoms with van der Waals surface area (Å²) >= 11 is 3.92. The summed E-state index contributed by atoms with van der Waals surface area (Å²) in [6, 6.07) is 4.07. The molecule has 0 aliphatic rings. The molecule has 0 fully saturated rings. The Bertz CT molecular complexity index is 392. The standard InChI is InChI=1S/C8H9NO2S/c1-5(10)9-6-2-3-7(11)8(12)4-6/h2-4,11-12H,1H3,(H,9,10)/i1D3. The Morgan fingerprint density at radius 2 is 2.50 bits per heavy atom. The molecule has 12 heavy (non-hydrogen) atoms. The Kier molecular flexibility index (Phi) is 1.59. The highest BCUT2D eigenvalue weighted by atomic mass is 32.1. The molecule has 0 aliphatic heterocycles. The number of hydrogen-bond acceptors (Lipinski definition) is 3. The predicted octanol–water partition coefficient (Wildman–Crippen LogP) is 1.64. The lowest BCUT2D eigenvalue weighted by atomic mass is 10.3. The average molecular weight is 186 g/mol. The number of carbonyl (C=O) groups excluding carboxylic acids is 1. The maximum Gasteiger partial charge on any atom is 0.221 e. The van der Waals surface area contributed by atoms with Gasteiger partial charge < -0.3 is 10.4 Å². The summed E-state index contributed by atoms with van der Waals surface area (Å²) in [6.07, 6.45) is 0. The highest BCUT2D eigenvalue weighted by molar-refractivity contribution is 7.80. The first-order valence-electron chi connectivity index (χ1n) is 4.64. The zero-order valence-corrected chi connectivity index (χ0v) is 6.93. The van der Waals surface area contributed by atoms with Gasteiger partial charge in [-0.2, -0.15) is 0 Å². The molecule has 0 bridgehead atoms. The second kappa shape index (κ2) is 3.49. The highest BCUT2D eigenvalue weighted by Gasteiger charge is 1.99. The number of benzene rings is 1. The van der Waals surface area contributed by atoms with E-state index < -0.39 is 12.8 Å². The van der Waals surface area contributed by atoms with E-state index in [0.717, 1.165) is 0 Å². The number of anilines is 1. The van der Waals surface area contributed by atoms with Crippen LogP contribution in [0.3, 0.4) is 0 Å². The Morgan fingerprint density at radius 1 is 1.75 bits per heavy atom. The number of phenolic OH excluding ortho intramolecular Hbond substituents is 1. The van der Waals surface area contributed by atoms with E-state index in [0.29, 0.717) is 0 Å². The summed E-state index contributed by atoms with van der Waals surface area (Å²) in [5, 5.41) is 11.3. The summed E-state index contributed by atoms with van der Waals surface area (Å²) in [5.74, 6) is -1.11. The van der Waals surface area contributed by atoms with E-state index in [9.17, 15) is 4.79 Å². The largest absolute Gasteiger partial charge is 0.507 e. The Labute approximate surface area is 80.0 Å². The molecule has 0 saturated heterocycles. The quantitative estimate of drug-likeness (QED) is 0.461. The van der Waals surface area contributed by atoms with Crippen molar-refractivity contribution in [3.8, 4) is 5.75 Å². The van der Waals surface area contributed by atoms with Crippen LogP contribution in [0.15, 0.2) is 23.1 Å². The highest BCUT2D eigenvalue weighted by Crippen LogP contribution is 2.24. The molecule has 1 aromatic carbocycles. The third-order valence-corrected chi connectivity index (χ3v) is 1.59. The zero-order valence-electron chi connectivity index (χ0n) is 9.03. The van der Waals surface area contributed by atoms with E-state index in [1.807, 2.05) is 0 Å². The minimum Gasteiger partial charge on any atom is -0.507 e. The van der Waals surface area contributed by atoms with Crippen LogP contribution in [0.1, 0.15) is 11.0 Å². The fourth-order valence-corrected chi connectivity index (χ4v) is 0.946. The van der Waals surface area contributed by atoms with E-state index in [1.54, 1.807) is 0 Å². The molecule has 0 aliphatic carbocycles. The molecule has 2 N–H and O–H groups in total. The molecule has 0 atom stereocenters. The van der Waals surface area contributed by atoms with E-state index in [1.165, 1.54) is 18.2 Å². The number of nitrogens with one attached hydrogen (secondary N) is 1. The molecule has 0 saturated carbocycles. The van der Waals surface area contributed by atoms with Gasteiger partial charge in [-0.3, -0.25) is 4.79 Å². The number of phenols is 1. The fourth-order valence-electron chi connectivity index (χ4n) is 0.732. The van der Waals surface area contributed by atoms with Crippen molar-refractivity contribution in [2.75, 3.05) is 5.32 Å². The van der Waals surface area contributed by atoms with E-state index in [4.69, 9.17) is 9.22 Å². The van der Waals surface area contributed by atoms with E-state index in [-0.39, 0.29) is 16.3 Å². The molecule has 0 spiro atoms. The molecule has 1 aromatic rings. The summed E-state index contributed by atoms with van der Waals surface area (Å²) in [5.41, 5.74) is 0.277. The van der Waals surface area contributed by atoms with Gasteiger partial charge in [0.05, 0.1) is 0 Å². The van der Waals surface area contributed by atoms with Crippen LogP contribution in [0.2, 0.25) is 0 Å². The molecular weight excluding hydrogens is 174 g/mol. The van der Waals surface area contributed by atoms with Crippen molar-refractivity contribution < 1.29 is 14.0 Å². The van der Waals surface area contributed by atoms with Crippen molar-refractivity contribution in [3.63, 3.8) is 0 Å². The Morgan fingerprint density at radius 3 is 3.08 bits per heavy atom. The third kappa shape index (κ3) is 2.17. The minimum absolute atomic E-state index is 0.0368. The van der Waals surface area contributed by atoms with Crippen molar-refractivity contribution in [1.82, 2.24) is 0 Å². The second-order valence-electron chi connectivity index (χ2n) is 2.16. The first kappa shape index (κ1) is 5.48. The number of carbonyl (C=O) groups is 1. The van der Waals surface area contributed by atoms with E-state index in [2.05, 4.69) is 17.9 Å². The number of aromatic hydroxyl groups is 1. The van der Waals surface area contributed by atoms with Gasteiger partial charge in [-0.1, -0.05) is 0 Å². The van der Waals surface area contributed by atoms with Gasteiger partial charge in [-0.05, 0) is 18.2 Å². The second-order valence-corrected chi connectivity index (χ2v) is 2.64. The van der Waals surface area contributed by atoms with Gasteiger partial charge in [0.1, 0.15) is 5.75 Å². The monoisotopic (exact) mass is 186 g/mol. The lowest BCUT2D eigenvalue weighted by molar-refractivity contribution is -0.114. The average Bonchev–Trinajstić information content (AvgIpc) is 2.10. The number of thiol groups is 1. The molecule has 0 radical (unpaired) electrons. The zero-order chi connectivity index (χ0) is 11.6. The van der Waals surface area contributed by atoms with Crippen LogP contribution in [-0.2, 0) is 4.79 Å². The first-order valence-corrected chi connectivity index (χ1v) is 3.59. The lowest BCUT2D eigenvalue weighted by Gasteiger charge is -2.03. The molecule has 64 valence electrons. The summed E-state index contributed by atoms with van der Waals surface area (Å²) < 4.78 is 20.5. The van der Waals surface area contributed by atoms with Crippen LogP contribution in [0.5, 0.6) is 5.75 Å². The minimum atomic E-state index is -2.69.